The largest absolute Gasteiger partial charge is 0.333 e. The van der Waals surface area contributed by atoms with E-state index in [1.807, 2.05) is 0 Å². The molecular formula is C11H18FN3O2S3. The van der Waals surface area contributed by atoms with Crippen molar-refractivity contribution in [1.82, 2.24) is 4.72 Å². The highest BCUT2D eigenvalue weighted by Crippen LogP contribution is 2.28. The Hall–Kier alpha value is -0.660. The van der Waals surface area contributed by atoms with Gasteiger partial charge in [-0.15, -0.1) is 11.3 Å². The third-order valence-corrected chi connectivity index (χ3v) is 6.29. The van der Waals surface area contributed by atoms with Gasteiger partial charge in [-0.05, 0) is 32.3 Å². The molecule has 3 N–H and O–H groups in total. The van der Waals surface area contributed by atoms with E-state index in [1.54, 1.807) is 6.07 Å². The van der Waals surface area contributed by atoms with E-state index in [0.29, 0.717) is 0 Å². The average Bonchev–Trinajstić information content (AvgIpc) is 2.84. The number of sulfone groups is 1. The Morgan fingerprint density at radius 2 is 2.15 bits per heavy atom. The zero-order valence-electron chi connectivity index (χ0n) is 11.4. The van der Waals surface area contributed by atoms with Crippen LogP contribution in [0.3, 0.4) is 0 Å². The molecule has 1 aromatic rings. The summed E-state index contributed by atoms with van der Waals surface area (Å²) in [6.07, 6.45) is 0. The van der Waals surface area contributed by atoms with Gasteiger partial charge in [0, 0.05) is 0 Å². The minimum absolute atomic E-state index is 0.266. The van der Waals surface area contributed by atoms with Crippen LogP contribution >= 0.6 is 24.2 Å². The fraction of sp³-hybridized carbons (Fsp3) is 0.545. The first-order valence-electron chi connectivity index (χ1n) is 5.59. The highest BCUT2D eigenvalue weighted by molar-refractivity contribution is 7.93. The number of nitrogens with one attached hydrogen (secondary N) is 1. The third kappa shape index (κ3) is 4.43. The van der Waals surface area contributed by atoms with Crippen molar-refractivity contribution in [2.24, 2.45) is 5.73 Å². The van der Waals surface area contributed by atoms with Crippen LogP contribution in [-0.4, -0.2) is 26.0 Å². The SMILES string of the molecule is CC(C)(C#N)S(=O)(=O)CC(NS)c1sccc1F.CN. The quantitative estimate of drug-likeness (QED) is 0.709. The van der Waals surface area contributed by atoms with Gasteiger partial charge in [-0.25, -0.2) is 12.8 Å². The van der Waals surface area contributed by atoms with Gasteiger partial charge in [0.1, 0.15) is 5.82 Å². The third-order valence-electron chi connectivity index (χ3n) is 2.55. The molecule has 0 aliphatic carbocycles. The molecule has 0 aliphatic heterocycles. The van der Waals surface area contributed by atoms with Crippen LogP contribution in [0.1, 0.15) is 24.8 Å². The first-order chi connectivity index (χ1) is 9.25. The lowest BCUT2D eigenvalue weighted by atomic mass is 10.2. The summed E-state index contributed by atoms with van der Waals surface area (Å²) in [6.45, 7) is 2.64. The van der Waals surface area contributed by atoms with Gasteiger partial charge in [-0.1, -0.05) is 12.8 Å². The van der Waals surface area contributed by atoms with Crippen LogP contribution in [0.4, 0.5) is 4.39 Å². The molecule has 1 heterocycles. The van der Waals surface area contributed by atoms with Crippen molar-refractivity contribution >= 4 is 34.0 Å². The number of nitriles is 1. The summed E-state index contributed by atoms with van der Waals surface area (Å²) in [6, 6.07) is 2.23. The van der Waals surface area contributed by atoms with Crippen LogP contribution in [0.15, 0.2) is 11.4 Å². The second-order valence-corrected chi connectivity index (χ2v) is 8.01. The van der Waals surface area contributed by atoms with Crippen LogP contribution < -0.4 is 10.5 Å². The maximum Gasteiger partial charge on any atom is 0.170 e. The van der Waals surface area contributed by atoms with E-state index in [4.69, 9.17) is 5.26 Å². The first-order valence-corrected chi connectivity index (χ1v) is 8.57. The van der Waals surface area contributed by atoms with E-state index in [-0.39, 0.29) is 10.6 Å². The molecule has 0 saturated carbocycles. The van der Waals surface area contributed by atoms with Crippen molar-refractivity contribution in [2.45, 2.75) is 24.6 Å². The summed E-state index contributed by atoms with van der Waals surface area (Å²) in [7, 11) is -2.20. The monoisotopic (exact) mass is 339 g/mol. The normalized spacial score (nSPS) is 13.1. The topological polar surface area (TPSA) is 96.0 Å². The molecule has 0 fully saturated rings. The minimum Gasteiger partial charge on any atom is -0.333 e. The van der Waals surface area contributed by atoms with Crippen molar-refractivity contribution in [3.63, 3.8) is 0 Å². The van der Waals surface area contributed by atoms with Crippen LogP contribution in [0.25, 0.3) is 0 Å². The second kappa shape index (κ2) is 7.95. The highest BCUT2D eigenvalue weighted by atomic mass is 32.2. The van der Waals surface area contributed by atoms with Crippen molar-refractivity contribution in [3.8, 4) is 6.07 Å². The maximum atomic E-state index is 13.4. The Morgan fingerprint density at radius 3 is 2.50 bits per heavy atom. The van der Waals surface area contributed by atoms with Gasteiger partial charge in [-0.3, -0.25) is 4.72 Å². The molecule has 1 aromatic heterocycles. The summed E-state index contributed by atoms with van der Waals surface area (Å²) in [4.78, 5) is 0.266. The van der Waals surface area contributed by atoms with Gasteiger partial charge in [0.25, 0.3) is 0 Å². The maximum absolute atomic E-state index is 13.4. The first kappa shape index (κ1) is 19.3. The van der Waals surface area contributed by atoms with Gasteiger partial charge < -0.3 is 5.73 Å². The number of nitrogens with two attached hydrogens (primary N) is 1. The number of thiophene rings is 1. The number of rotatable bonds is 5. The lowest BCUT2D eigenvalue weighted by Gasteiger charge is -2.20. The van der Waals surface area contributed by atoms with Crippen LogP contribution in [0.5, 0.6) is 0 Å². The zero-order valence-corrected chi connectivity index (χ0v) is 13.9. The fourth-order valence-electron chi connectivity index (χ4n) is 1.22. The summed E-state index contributed by atoms with van der Waals surface area (Å²) in [5.74, 6) is -0.856. The predicted octanol–water partition coefficient (Wildman–Crippen LogP) is 1.65. The Kier molecular flexibility index (Phi) is 7.69. The molecular weight excluding hydrogens is 321 g/mol. The molecule has 1 rings (SSSR count). The second-order valence-electron chi connectivity index (χ2n) is 4.22. The van der Waals surface area contributed by atoms with Crippen molar-refractivity contribution in [1.29, 1.82) is 5.26 Å². The molecule has 9 heteroatoms. The predicted molar refractivity (Wildman–Crippen MR) is 82.7 cm³/mol. The fourth-order valence-corrected chi connectivity index (χ4v) is 3.83. The Labute approximate surface area is 128 Å². The molecule has 0 saturated heterocycles. The Bertz CT molecular complexity index is 564. The number of nitrogens with zero attached hydrogens (tertiary/aromatic N) is 1. The minimum atomic E-state index is -3.70. The van der Waals surface area contributed by atoms with Crippen LogP contribution in [-0.2, 0) is 9.84 Å². The van der Waals surface area contributed by atoms with Crippen LogP contribution in [0, 0.1) is 17.1 Å². The Morgan fingerprint density at radius 1 is 1.60 bits per heavy atom. The zero-order chi connectivity index (χ0) is 16.0. The summed E-state index contributed by atoms with van der Waals surface area (Å²) in [5, 5.41) is 10.4. The van der Waals surface area contributed by atoms with E-state index in [1.165, 1.54) is 32.3 Å². The molecule has 0 aliphatic rings. The van der Waals surface area contributed by atoms with E-state index in [2.05, 4.69) is 23.3 Å². The number of thiol groups is 1. The van der Waals surface area contributed by atoms with Gasteiger partial charge in [0.15, 0.2) is 14.6 Å². The molecule has 20 heavy (non-hydrogen) atoms. The van der Waals surface area contributed by atoms with E-state index in [0.717, 1.165) is 11.3 Å². The lowest BCUT2D eigenvalue weighted by molar-refractivity contribution is 0.558. The van der Waals surface area contributed by atoms with Crippen molar-refractivity contribution < 1.29 is 12.8 Å². The van der Waals surface area contributed by atoms with Gasteiger partial charge in [-0.2, -0.15) is 5.26 Å². The van der Waals surface area contributed by atoms with Gasteiger partial charge in [0.2, 0.25) is 0 Å². The van der Waals surface area contributed by atoms with Crippen molar-refractivity contribution in [2.75, 3.05) is 12.8 Å². The van der Waals surface area contributed by atoms with Crippen LogP contribution in [0.2, 0.25) is 0 Å². The van der Waals surface area contributed by atoms with E-state index in [9.17, 15) is 12.8 Å². The molecule has 0 amide bonds. The molecule has 1 atom stereocenters. The molecule has 0 aromatic carbocycles. The molecule has 0 bridgehead atoms. The Balaban J connectivity index is 0.00000172. The molecule has 0 radical (unpaired) electrons. The number of hydrogen-bond acceptors (Lipinski definition) is 7. The van der Waals surface area contributed by atoms with Gasteiger partial charge >= 0.3 is 0 Å². The molecule has 114 valence electrons. The summed E-state index contributed by atoms with van der Waals surface area (Å²) < 4.78 is 38.5. The summed E-state index contributed by atoms with van der Waals surface area (Å²) >= 11 is 4.94. The lowest BCUT2D eigenvalue weighted by Crippen LogP contribution is -2.36. The molecule has 5 nitrogen and oxygen atoms in total. The average molecular weight is 339 g/mol. The summed E-state index contributed by atoms with van der Waals surface area (Å²) in [5.41, 5.74) is 4.50. The van der Waals surface area contributed by atoms with Gasteiger partial charge in [0.05, 0.1) is 22.7 Å². The standard InChI is InChI=1S/C10H13FN2O2S3.CH5N/c1-10(2,6-12)18(14,15)5-8(13-16)9-7(11)3-4-17-9;1-2/h3-4,8,13,16H,5H2,1-2H3;2H2,1H3. The smallest absolute Gasteiger partial charge is 0.170 e. The highest BCUT2D eigenvalue weighted by Gasteiger charge is 2.37. The van der Waals surface area contributed by atoms with E-state index < -0.39 is 26.4 Å². The van der Waals surface area contributed by atoms with Crippen molar-refractivity contribution in [3.05, 3.63) is 22.1 Å². The molecule has 1 unspecified atom stereocenters. The number of halogens is 1. The number of hydrogen-bond donors (Lipinski definition) is 3. The molecule has 0 spiro atoms. The van der Waals surface area contributed by atoms with E-state index >= 15 is 0 Å².